The summed E-state index contributed by atoms with van der Waals surface area (Å²) >= 11 is 0. The second-order valence-corrected chi connectivity index (χ2v) is 9.65. The summed E-state index contributed by atoms with van der Waals surface area (Å²) in [5, 5.41) is 0. The highest BCUT2D eigenvalue weighted by molar-refractivity contribution is 6.24. The molecule has 0 heterocycles. The molecule has 0 bridgehead atoms. The second-order valence-electron chi connectivity index (χ2n) is 9.65. The molecule has 0 amide bonds. The van der Waals surface area contributed by atoms with Crippen LogP contribution in [0.4, 0.5) is 0 Å². The first-order valence-electron chi connectivity index (χ1n) is 13.8. The lowest BCUT2D eigenvalue weighted by Gasteiger charge is -2.20. The van der Waals surface area contributed by atoms with E-state index in [0.717, 1.165) is 19.3 Å². The highest BCUT2D eigenvalue weighted by Gasteiger charge is 2.36. The Labute approximate surface area is 217 Å². The van der Waals surface area contributed by atoms with E-state index in [1.54, 1.807) is 0 Å². The van der Waals surface area contributed by atoms with Crippen molar-refractivity contribution in [2.75, 3.05) is 0 Å². The third-order valence-electron chi connectivity index (χ3n) is 6.32. The Hall–Kier alpha value is -2.50. The van der Waals surface area contributed by atoms with E-state index in [1.165, 1.54) is 91.4 Å². The highest BCUT2D eigenvalue weighted by Crippen LogP contribution is 2.30. The molecule has 6 nitrogen and oxygen atoms in total. The average Bonchev–Trinajstić information content (AvgIpc) is 2.83. The van der Waals surface area contributed by atoms with Crippen molar-refractivity contribution in [3.05, 3.63) is 34.8 Å². The van der Waals surface area contributed by atoms with Crippen molar-refractivity contribution in [3.8, 4) is 0 Å². The Morgan fingerprint density at radius 2 is 1.08 bits per heavy atom. The van der Waals surface area contributed by atoms with Gasteiger partial charge in [-0.25, -0.2) is 0 Å². The molecule has 0 fully saturated rings. The molecule has 0 saturated heterocycles. The largest absolute Gasteiger partial charge is 0.422 e. The molecular formula is C30H46O6. The van der Waals surface area contributed by atoms with Crippen molar-refractivity contribution >= 4 is 23.5 Å². The van der Waals surface area contributed by atoms with Crippen molar-refractivity contribution in [3.63, 3.8) is 0 Å². The van der Waals surface area contributed by atoms with Crippen LogP contribution in [0.3, 0.4) is 0 Å². The molecule has 0 atom stereocenters. The van der Waals surface area contributed by atoms with Crippen LogP contribution >= 0.6 is 0 Å². The first-order chi connectivity index (χ1) is 17.3. The molecule has 0 aromatic heterocycles. The molecular weight excluding hydrogens is 456 g/mol. The number of unbranched alkanes of at least 4 members (excludes halogenated alkanes) is 13. The molecule has 1 aliphatic carbocycles. The van der Waals surface area contributed by atoms with E-state index in [9.17, 15) is 19.2 Å². The minimum absolute atomic E-state index is 0.0190. The first kappa shape index (κ1) is 31.5. The third-order valence-corrected chi connectivity index (χ3v) is 6.32. The molecule has 1 aliphatic rings. The van der Waals surface area contributed by atoms with Crippen LogP contribution in [0.2, 0.25) is 0 Å². The van der Waals surface area contributed by atoms with Gasteiger partial charge in [0.15, 0.2) is 11.5 Å². The van der Waals surface area contributed by atoms with Gasteiger partial charge >= 0.3 is 11.9 Å². The summed E-state index contributed by atoms with van der Waals surface area (Å²) in [6.07, 6.45) is 22.7. The molecule has 36 heavy (non-hydrogen) atoms. The fourth-order valence-corrected chi connectivity index (χ4v) is 4.28. The summed E-state index contributed by atoms with van der Waals surface area (Å²) in [6.45, 7) is 5.99. The average molecular weight is 503 g/mol. The van der Waals surface area contributed by atoms with Gasteiger partial charge in [0.25, 0.3) is 0 Å². The lowest BCUT2D eigenvalue weighted by Crippen LogP contribution is -2.27. The number of ketones is 2. The molecule has 1 rings (SSSR count). The number of allylic oxidation sites excluding steroid dienone is 4. The Morgan fingerprint density at radius 1 is 0.639 bits per heavy atom. The minimum atomic E-state index is -0.671. The summed E-state index contributed by atoms with van der Waals surface area (Å²) in [5.41, 5.74) is 0.1000. The van der Waals surface area contributed by atoms with Gasteiger partial charge in [-0.05, 0) is 39.0 Å². The maximum atomic E-state index is 12.9. The van der Waals surface area contributed by atoms with Crippen LogP contribution in [0.1, 0.15) is 130 Å². The smallest absolute Gasteiger partial charge is 0.308 e. The van der Waals surface area contributed by atoms with Crippen LogP contribution in [0.25, 0.3) is 0 Å². The van der Waals surface area contributed by atoms with E-state index in [2.05, 4.69) is 19.1 Å². The molecule has 0 radical (unpaired) electrons. The van der Waals surface area contributed by atoms with Crippen LogP contribution in [0, 0.1) is 0 Å². The van der Waals surface area contributed by atoms with Crippen LogP contribution in [-0.2, 0) is 28.7 Å². The van der Waals surface area contributed by atoms with E-state index in [0.29, 0.717) is 12.8 Å². The maximum Gasteiger partial charge on any atom is 0.308 e. The number of ether oxygens (including phenoxy) is 2. The zero-order valence-electron chi connectivity index (χ0n) is 22.9. The van der Waals surface area contributed by atoms with E-state index < -0.39 is 23.5 Å². The van der Waals surface area contributed by atoms with Gasteiger partial charge < -0.3 is 9.47 Å². The van der Waals surface area contributed by atoms with E-state index >= 15 is 0 Å². The monoisotopic (exact) mass is 502 g/mol. The standard InChI is InChI=1S/C30H46O6/c1-5-6-7-8-9-10-11-12-13-14-15-16-17-18-19-20-21-22-26-28(34)29(35-24(3)31)23(2)27(33)30(26)36-25(4)32/h8-9H,5-7,10-22H2,1-4H3. The third kappa shape index (κ3) is 12.5. The SMILES string of the molecule is CCCCC=CCCCCCCCCCCCCCC1=C(OC(C)=O)C(=O)C(C)=C(OC(C)=O)C1=O. The van der Waals surface area contributed by atoms with Crippen LogP contribution in [0.5, 0.6) is 0 Å². The number of Topliss-reactive ketones (excluding diaryl/α,β-unsaturated/α-hetero) is 2. The number of esters is 2. The van der Waals surface area contributed by atoms with Crippen molar-refractivity contribution in [1.82, 2.24) is 0 Å². The normalized spacial score (nSPS) is 14.2. The van der Waals surface area contributed by atoms with Gasteiger partial charge in [0.05, 0.1) is 5.57 Å². The Balaban J connectivity index is 2.27. The lowest BCUT2D eigenvalue weighted by atomic mass is 9.90. The van der Waals surface area contributed by atoms with Crippen molar-refractivity contribution in [1.29, 1.82) is 0 Å². The van der Waals surface area contributed by atoms with Gasteiger partial charge in [-0.3, -0.25) is 19.2 Å². The molecule has 0 saturated carbocycles. The van der Waals surface area contributed by atoms with Gasteiger partial charge in [0.1, 0.15) is 0 Å². The van der Waals surface area contributed by atoms with Crippen LogP contribution in [0.15, 0.2) is 34.8 Å². The minimum Gasteiger partial charge on any atom is -0.422 e. The molecule has 0 unspecified atom stereocenters. The van der Waals surface area contributed by atoms with Gasteiger partial charge in [-0.2, -0.15) is 0 Å². The van der Waals surface area contributed by atoms with Gasteiger partial charge in [0.2, 0.25) is 11.6 Å². The molecule has 0 aromatic carbocycles. The molecule has 0 aromatic rings. The van der Waals surface area contributed by atoms with Crippen molar-refractivity contribution in [2.24, 2.45) is 0 Å². The fourth-order valence-electron chi connectivity index (χ4n) is 4.28. The molecule has 0 N–H and O–H groups in total. The Bertz CT molecular complexity index is 830. The zero-order valence-corrected chi connectivity index (χ0v) is 22.9. The number of hydrogen-bond donors (Lipinski definition) is 0. The number of carbonyl (C=O) groups is 4. The molecule has 6 heteroatoms. The zero-order chi connectivity index (χ0) is 26.8. The van der Waals surface area contributed by atoms with Crippen molar-refractivity contribution < 1.29 is 28.7 Å². The van der Waals surface area contributed by atoms with E-state index in [1.807, 2.05) is 0 Å². The first-order valence-corrected chi connectivity index (χ1v) is 13.8. The number of rotatable bonds is 19. The van der Waals surface area contributed by atoms with Crippen LogP contribution in [-0.4, -0.2) is 23.5 Å². The summed E-state index contributed by atoms with van der Waals surface area (Å²) in [5.74, 6) is -2.96. The summed E-state index contributed by atoms with van der Waals surface area (Å²) in [7, 11) is 0. The lowest BCUT2D eigenvalue weighted by molar-refractivity contribution is -0.142. The second kappa shape index (κ2) is 18.7. The molecule has 202 valence electrons. The predicted octanol–water partition coefficient (Wildman–Crippen LogP) is 7.61. The van der Waals surface area contributed by atoms with Gasteiger partial charge in [0, 0.05) is 19.4 Å². The number of carbonyl (C=O) groups excluding carboxylic acids is 4. The Morgan fingerprint density at radius 3 is 1.58 bits per heavy atom. The van der Waals surface area contributed by atoms with Crippen molar-refractivity contribution in [2.45, 2.75) is 130 Å². The summed E-state index contributed by atoms with van der Waals surface area (Å²) in [6, 6.07) is 0. The van der Waals surface area contributed by atoms with Crippen LogP contribution < -0.4 is 0 Å². The summed E-state index contributed by atoms with van der Waals surface area (Å²) in [4.78, 5) is 48.4. The van der Waals surface area contributed by atoms with E-state index in [-0.39, 0.29) is 22.7 Å². The quantitative estimate of drug-likeness (QED) is 0.0782. The maximum absolute atomic E-state index is 12.9. The predicted molar refractivity (Wildman–Crippen MR) is 142 cm³/mol. The van der Waals surface area contributed by atoms with E-state index in [4.69, 9.17) is 9.47 Å². The highest BCUT2D eigenvalue weighted by atomic mass is 16.5. The topological polar surface area (TPSA) is 86.7 Å². The van der Waals surface area contributed by atoms with Gasteiger partial charge in [-0.1, -0.05) is 89.7 Å². The molecule has 0 spiro atoms. The summed E-state index contributed by atoms with van der Waals surface area (Å²) < 4.78 is 10.1. The molecule has 0 aliphatic heterocycles. The fraction of sp³-hybridized carbons (Fsp3) is 0.667. The van der Waals surface area contributed by atoms with Gasteiger partial charge in [-0.15, -0.1) is 0 Å². The number of hydrogen-bond acceptors (Lipinski definition) is 6. The Kier molecular flexibility index (Phi) is 16.4.